The summed E-state index contributed by atoms with van der Waals surface area (Å²) in [5, 5.41) is 11.0. The number of imidazole rings is 1. The van der Waals surface area contributed by atoms with Crippen LogP contribution in [0.4, 0.5) is 0 Å². The van der Waals surface area contributed by atoms with Gasteiger partial charge in [-0.05, 0) is 49.1 Å². The molecule has 1 aromatic heterocycles. The molecule has 5 rings (SSSR count). The molecule has 0 amide bonds. The molecule has 1 fully saturated rings. The molecule has 4 heteroatoms. The fourth-order valence-corrected chi connectivity index (χ4v) is 5.02. The van der Waals surface area contributed by atoms with E-state index in [1.54, 1.807) is 0 Å². The van der Waals surface area contributed by atoms with Gasteiger partial charge in [0.25, 0.3) is 0 Å². The minimum Gasteiger partial charge on any atom is -0.393 e. The lowest BCUT2D eigenvalue weighted by molar-refractivity contribution is -0.0160. The lowest BCUT2D eigenvalue weighted by Gasteiger charge is -2.32. The summed E-state index contributed by atoms with van der Waals surface area (Å²) >= 11 is 0. The Morgan fingerprint density at radius 3 is 2.59 bits per heavy atom. The molecule has 2 atom stereocenters. The second-order valence-corrected chi connectivity index (χ2v) is 8.43. The monoisotopic (exact) mass is 388 g/mol. The summed E-state index contributed by atoms with van der Waals surface area (Å²) in [5.74, 6) is 0.353. The van der Waals surface area contributed by atoms with Crippen LogP contribution >= 0.6 is 0 Å². The Balaban J connectivity index is 1.17. The fourth-order valence-electron chi connectivity index (χ4n) is 5.02. The molecule has 2 aliphatic rings. The second kappa shape index (κ2) is 8.13. The van der Waals surface area contributed by atoms with Crippen LogP contribution in [0.25, 0.3) is 11.3 Å². The molecule has 3 aromatic rings. The topological polar surface area (TPSA) is 47.3 Å². The van der Waals surface area contributed by atoms with Crippen molar-refractivity contribution in [1.29, 1.82) is 0 Å². The quantitative estimate of drug-likeness (QED) is 0.648. The van der Waals surface area contributed by atoms with E-state index in [9.17, 15) is 5.11 Å². The van der Waals surface area contributed by atoms with Crippen molar-refractivity contribution < 1.29 is 9.84 Å². The molecule has 1 saturated carbocycles. The molecule has 29 heavy (non-hydrogen) atoms. The Kier molecular flexibility index (Phi) is 5.21. The van der Waals surface area contributed by atoms with Crippen molar-refractivity contribution in [2.24, 2.45) is 5.92 Å². The highest BCUT2D eigenvalue weighted by Gasteiger charge is 2.33. The minimum absolute atomic E-state index is 0.186. The summed E-state index contributed by atoms with van der Waals surface area (Å²) < 4.78 is 8.34. The predicted octanol–water partition coefficient (Wildman–Crippen LogP) is 4.98. The number of hydrogen-bond donors (Lipinski definition) is 1. The predicted molar refractivity (Wildman–Crippen MR) is 113 cm³/mol. The van der Waals surface area contributed by atoms with Gasteiger partial charge in [-0.25, -0.2) is 4.98 Å². The molecule has 4 nitrogen and oxygen atoms in total. The summed E-state index contributed by atoms with van der Waals surface area (Å²) in [6, 6.07) is 19.1. The number of hydrogen-bond acceptors (Lipinski definition) is 3. The van der Waals surface area contributed by atoms with Gasteiger partial charge in [-0.2, -0.15) is 0 Å². The second-order valence-electron chi connectivity index (χ2n) is 8.43. The summed E-state index contributed by atoms with van der Waals surface area (Å²) in [6.45, 7) is 0.682. The Morgan fingerprint density at radius 2 is 1.76 bits per heavy atom. The van der Waals surface area contributed by atoms with Crippen LogP contribution < -0.4 is 0 Å². The summed E-state index contributed by atoms with van der Waals surface area (Å²) in [7, 11) is 0. The third-order valence-corrected chi connectivity index (χ3v) is 6.65. The molecule has 2 heterocycles. The van der Waals surface area contributed by atoms with Crippen LogP contribution in [0.1, 0.15) is 49.3 Å². The van der Waals surface area contributed by atoms with Gasteiger partial charge >= 0.3 is 0 Å². The lowest BCUT2D eigenvalue weighted by Crippen LogP contribution is -2.30. The number of ether oxygens (including phenoxy) is 1. The number of aromatic nitrogens is 2. The molecule has 1 aliphatic heterocycles. The van der Waals surface area contributed by atoms with Crippen LogP contribution in [0.15, 0.2) is 67.1 Å². The van der Waals surface area contributed by atoms with E-state index in [4.69, 9.17) is 4.74 Å². The van der Waals surface area contributed by atoms with E-state index in [2.05, 4.69) is 58.1 Å². The average molecular weight is 389 g/mol. The van der Waals surface area contributed by atoms with Gasteiger partial charge in [0, 0.05) is 5.56 Å². The van der Waals surface area contributed by atoms with E-state index >= 15 is 0 Å². The number of benzene rings is 2. The third-order valence-electron chi connectivity index (χ3n) is 6.65. The van der Waals surface area contributed by atoms with Crippen molar-refractivity contribution in [2.75, 3.05) is 0 Å². The summed E-state index contributed by atoms with van der Waals surface area (Å²) in [4.78, 5) is 4.33. The zero-order valence-corrected chi connectivity index (χ0v) is 16.7. The van der Waals surface area contributed by atoms with E-state index < -0.39 is 0 Å². The molecule has 150 valence electrons. The summed E-state index contributed by atoms with van der Waals surface area (Å²) in [5.41, 5.74) is 4.95. The zero-order chi connectivity index (χ0) is 19.6. The standard InChI is InChI=1S/C25H28N2O2/c28-25(14-23-21-8-4-5-9-22(21)24-15-26-17-27(23)24)19-10-12-20(13-11-19)29-16-18-6-2-1-3-7-18/h1-9,15,17,19-20,23,25,28H,10-14,16H2/t19-,20-,23?,25-/m1/s1. The molecule has 0 saturated heterocycles. The van der Waals surface area contributed by atoms with Crippen LogP contribution in [0.5, 0.6) is 0 Å². The Hall–Kier alpha value is -2.43. The maximum atomic E-state index is 11.0. The zero-order valence-electron chi connectivity index (χ0n) is 16.7. The highest BCUT2D eigenvalue weighted by atomic mass is 16.5. The van der Waals surface area contributed by atoms with Gasteiger partial charge in [-0.1, -0.05) is 54.6 Å². The van der Waals surface area contributed by atoms with Crippen LogP contribution in [0.2, 0.25) is 0 Å². The van der Waals surface area contributed by atoms with Crippen molar-refractivity contribution in [3.8, 4) is 11.3 Å². The van der Waals surface area contributed by atoms with Crippen LogP contribution in [0.3, 0.4) is 0 Å². The van der Waals surface area contributed by atoms with E-state index in [1.165, 1.54) is 16.7 Å². The van der Waals surface area contributed by atoms with Crippen molar-refractivity contribution >= 4 is 0 Å². The smallest absolute Gasteiger partial charge is 0.0956 e. The Bertz CT molecular complexity index is 944. The van der Waals surface area contributed by atoms with Gasteiger partial charge in [0.1, 0.15) is 0 Å². The van der Waals surface area contributed by atoms with Crippen molar-refractivity contribution in [1.82, 2.24) is 9.55 Å². The van der Waals surface area contributed by atoms with E-state index in [-0.39, 0.29) is 12.1 Å². The minimum atomic E-state index is -0.295. The van der Waals surface area contributed by atoms with Crippen molar-refractivity contribution in [3.05, 3.63) is 78.2 Å². The molecular formula is C25H28N2O2. The Labute approximate surface area is 172 Å². The van der Waals surface area contributed by atoms with Gasteiger partial charge in [0.2, 0.25) is 0 Å². The largest absolute Gasteiger partial charge is 0.393 e. The lowest BCUT2D eigenvalue weighted by atomic mass is 9.81. The number of fused-ring (bicyclic) bond motifs is 3. The molecule has 2 aromatic carbocycles. The summed E-state index contributed by atoms with van der Waals surface area (Å²) in [6.07, 6.45) is 8.74. The SMILES string of the molecule is O[C@H](CC1c2ccccc2-c2cncn21)[C@H]1CC[C@H](OCc2ccccc2)CC1. The van der Waals surface area contributed by atoms with Gasteiger partial charge in [-0.3, -0.25) is 0 Å². The fraction of sp³-hybridized carbons (Fsp3) is 0.400. The normalized spacial score (nSPS) is 24.1. The molecule has 0 spiro atoms. The molecule has 0 bridgehead atoms. The maximum absolute atomic E-state index is 11.0. The van der Waals surface area contributed by atoms with Crippen molar-refractivity contribution in [2.45, 2.75) is 57.0 Å². The van der Waals surface area contributed by atoms with E-state index in [0.717, 1.165) is 37.8 Å². The van der Waals surface area contributed by atoms with Gasteiger partial charge in [0.15, 0.2) is 0 Å². The Morgan fingerprint density at radius 1 is 1.00 bits per heavy atom. The number of nitrogens with zero attached hydrogens (tertiary/aromatic N) is 2. The molecular weight excluding hydrogens is 360 g/mol. The van der Waals surface area contributed by atoms with Crippen molar-refractivity contribution in [3.63, 3.8) is 0 Å². The van der Waals surface area contributed by atoms with Gasteiger partial charge in [-0.15, -0.1) is 0 Å². The first kappa shape index (κ1) is 18.6. The van der Waals surface area contributed by atoms with Gasteiger partial charge < -0.3 is 14.4 Å². The highest BCUT2D eigenvalue weighted by molar-refractivity contribution is 5.68. The molecule has 1 N–H and O–H groups in total. The molecule has 0 radical (unpaired) electrons. The van der Waals surface area contributed by atoms with Crippen LogP contribution in [-0.4, -0.2) is 26.9 Å². The van der Waals surface area contributed by atoms with Crippen LogP contribution in [-0.2, 0) is 11.3 Å². The maximum Gasteiger partial charge on any atom is 0.0956 e. The first-order valence-corrected chi connectivity index (χ1v) is 10.7. The number of aliphatic hydroxyl groups is 1. The number of aliphatic hydroxyl groups excluding tert-OH is 1. The van der Waals surface area contributed by atoms with Gasteiger partial charge in [0.05, 0.1) is 43.1 Å². The van der Waals surface area contributed by atoms with E-state index in [1.807, 2.05) is 18.6 Å². The first-order chi connectivity index (χ1) is 14.3. The van der Waals surface area contributed by atoms with E-state index in [0.29, 0.717) is 18.6 Å². The third kappa shape index (κ3) is 3.75. The number of rotatable bonds is 6. The highest BCUT2D eigenvalue weighted by Crippen LogP contribution is 2.42. The molecule has 1 unspecified atom stereocenters. The average Bonchev–Trinajstić information content (AvgIpc) is 3.36. The first-order valence-electron chi connectivity index (χ1n) is 10.7. The molecule has 1 aliphatic carbocycles. The van der Waals surface area contributed by atoms with Crippen LogP contribution in [0, 0.1) is 5.92 Å².